The number of nitrogens with two attached hydrogens (primary N) is 1. The number of hydrogen-bond acceptors (Lipinski definition) is 3. The Morgan fingerprint density at radius 3 is 2.62 bits per heavy atom. The van der Waals surface area contributed by atoms with Gasteiger partial charge in [-0.3, -0.25) is 9.59 Å². The van der Waals surface area contributed by atoms with Crippen LogP contribution in [0.2, 0.25) is 0 Å². The second kappa shape index (κ2) is 6.28. The Morgan fingerprint density at radius 2 is 1.86 bits per heavy atom. The lowest BCUT2D eigenvalue weighted by Gasteiger charge is -2.57. The summed E-state index contributed by atoms with van der Waals surface area (Å²) < 4.78 is 0. The molecule has 0 aromatic carbocycles. The van der Waals surface area contributed by atoms with Gasteiger partial charge in [-0.05, 0) is 105 Å². The summed E-state index contributed by atoms with van der Waals surface area (Å²) in [5.41, 5.74) is 8.60. The highest BCUT2D eigenvalue weighted by Gasteiger charge is 2.61. The van der Waals surface area contributed by atoms with Crippen molar-refractivity contribution in [3.63, 3.8) is 0 Å². The van der Waals surface area contributed by atoms with E-state index in [0.717, 1.165) is 50.9 Å². The standard InChI is InChI=1S/C26H37NO2/c1-25-10-8-18(28)14-17(25)4-5-19-21(25)9-11-26(27)22(19)6-7-23(26)24(29)20-13-15-2-3-16(20)12-15/h14-16,19-23H,2-13,27H2,1H3/t15?,16?,19-,20?,21+,22+,23-,25+,26-/m1/s1. The Balaban J connectivity index is 1.26. The van der Waals surface area contributed by atoms with Gasteiger partial charge in [0.2, 0.25) is 0 Å². The minimum absolute atomic E-state index is 0.121. The molecule has 0 heterocycles. The van der Waals surface area contributed by atoms with Crippen molar-refractivity contribution < 1.29 is 9.59 Å². The number of hydrogen-bond donors (Lipinski definition) is 1. The van der Waals surface area contributed by atoms with E-state index >= 15 is 0 Å². The first-order valence-electron chi connectivity index (χ1n) is 12.5. The zero-order valence-electron chi connectivity index (χ0n) is 18.0. The van der Waals surface area contributed by atoms with Crippen molar-refractivity contribution in [2.24, 2.45) is 52.6 Å². The molecule has 158 valence electrons. The van der Waals surface area contributed by atoms with Crippen molar-refractivity contribution in [2.75, 3.05) is 0 Å². The van der Waals surface area contributed by atoms with Crippen LogP contribution in [0.5, 0.6) is 0 Å². The number of ketones is 2. The molecule has 0 radical (unpaired) electrons. The van der Waals surface area contributed by atoms with Gasteiger partial charge in [-0.2, -0.15) is 0 Å². The largest absolute Gasteiger partial charge is 0.324 e. The monoisotopic (exact) mass is 395 g/mol. The normalized spacial score (nSPS) is 53.2. The van der Waals surface area contributed by atoms with E-state index in [4.69, 9.17) is 5.73 Å². The second-order valence-electron chi connectivity index (χ2n) is 11.9. The molecular weight excluding hydrogens is 358 g/mol. The fourth-order valence-electron chi connectivity index (χ4n) is 9.54. The Hall–Kier alpha value is -0.960. The van der Waals surface area contributed by atoms with Gasteiger partial charge in [0.1, 0.15) is 5.78 Å². The van der Waals surface area contributed by atoms with Crippen molar-refractivity contribution in [1.29, 1.82) is 0 Å². The number of rotatable bonds is 2. The van der Waals surface area contributed by atoms with Crippen molar-refractivity contribution in [2.45, 2.75) is 89.5 Å². The van der Waals surface area contributed by atoms with E-state index in [2.05, 4.69) is 6.92 Å². The first kappa shape index (κ1) is 18.8. The van der Waals surface area contributed by atoms with Crippen molar-refractivity contribution in [3.05, 3.63) is 11.6 Å². The van der Waals surface area contributed by atoms with Crippen molar-refractivity contribution >= 4 is 11.6 Å². The molecule has 0 amide bonds. The van der Waals surface area contributed by atoms with E-state index in [1.165, 1.54) is 31.3 Å². The minimum Gasteiger partial charge on any atom is -0.324 e. The summed E-state index contributed by atoms with van der Waals surface area (Å²) in [6.07, 6.45) is 15.4. The molecule has 0 aliphatic heterocycles. The predicted molar refractivity (Wildman–Crippen MR) is 113 cm³/mol. The Morgan fingerprint density at radius 1 is 1.00 bits per heavy atom. The number of fused-ring (bicyclic) bond motifs is 7. The van der Waals surface area contributed by atoms with E-state index in [-0.39, 0.29) is 16.9 Å². The van der Waals surface area contributed by atoms with Gasteiger partial charge in [0.15, 0.2) is 5.78 Å². The summed E-state index contributed by atoms with van der Waals surface area (Å²) in [4.78, 5) is 25.7. The minimum atomic E-state index is -0.248. The van der Waals surface area contributed by atoms with Gasteiger partial charge in [-0.1, -0.05) is 18.9 Å². The van der Waals surface area contributed by atoms with Crippen LogP contribution >= 0.6 is 0 Å². The van der Waals surface area contributed by atoms with E-state index in [1.54, 1.807) is 0 Å². The fraction of sp³-hybridized carbons (Fsp3) is 0.846. The maximum absolute atomic E-state index is 13.7. The molecule has 2 bridgehead atoms. The van der Waals surface area contributed by atoms with Gasteiger partial charge >= 0.3 is 0 Å². The molecular formula is C26H37NO2. The Labute approximate surface area is 175 Å². The van der Waals surface area contributed by atoms with Crippen LogP contribution in [0, 0.1) is 46.8 Å². The summed E-state index contributed by atoms with van der Waals surface area (Å²) in [5, 5.41) is 0. The topological polar surface area (TPSA) is 60.2 Å². The maximum Gasteiger partial charge on any atom is 0.155 e. The zero-order valence-corrected chi connectivity index (χ0v) is 18.0. The first-order valence-corrected chi connectivity index (χ1v) is 12.5. The van der Waals surface area contributed by atoms with E-state index in [9.17, 15) is 9.59 Å². The average molecular weight is 396 g/mol. The van der Waals surface area contributed by atoms with Crippen LogP contribution in [-0.2, 0) is 9.59 Å². The molecule has 0 aromatic rings. The highest BCUT2D eigenvalue weighted by Crippen LogP contribution is 2.64. The molecule has 3 nitrogen and oxygen atoms in total. The molecule has 6 rings (SSSR count). The molecule has 3 unspecified atom stereocenters. The van der Waals surface area contributed by atoms with Crippen molar-refractivity contribution in [3.8, 4) is 0 Å². The summed E-state index contributed by atoms with van der Waals surface area (Å²) in [6, 6.07) is 0. The van der Waals surface area contributed by atoms with E-state index in [0.29, 0.717) is 47.6 Å². The molecule has 3 heteroatoms. The third-order valence-corrected chi connectivity index (χ3v) is 11.0. The van der Waals surface area contributed by atoms with Crippen LogP contribution in [0.1, 0.15) is 84.0 Å². The van der Waals surface area contributed by atoms with Gasteiger partial charge < -0.3 is 5.73 Å². The molecule has 0 spiro atoms. The second-order valence-corrected chi connectivity index (χ2v) is 11.9. The number of Topliss-reactive ketones (excluding diaryl/α,β-unsaturated/α-hetero) is 1. The molecule has 9 atom stereocenters. The first-order chi connectivity index (χ1) is 13.9. The van der Waals surface area contributed by atoms with Crippen LogP contribution in [0.3, 0.4) is 0 Å². The smallest absolute Gasteiger partial charge is 0.155 e. The summed E-state index contributed by atoms with van der Waals surface area (Å²) in [7, 11) is 0. The van der Waals surface area contributed by atoms with Crippen molar-refractivity contribution in [1.82, 2.24) is 0 Å². The zero-order chi connectivity index (χ0) is 20.0. The third kappa shape index (κ3) is 2.52. The Bertz CT molecular complexity index is 786. The highest BCUT2D eigenvalue weighted by molar-refractivity contribution is 5.91. The van der Waals surface area contributed by atoms with Gasteiger partial charge in [-0.25, -0.2) is 0 Å². The number of allylic oxidation sites excluding steroid dienone is 1. The van der Waals surface area contributed by atoms with Gasteiger partial charge in [0, 0.05) is 23.8 Å². The highest BCUT2D eigenvalue weighted by atomic mass is 16.1. The summed E-state index contributed by atoms with van der Waals surface area (Å²) in [5.74, 6) is 4.68. The van der Waals surface area contributed by atoms with Crippen LogP contribution in [-0.4, -0.2) is 17.1 Å². The molecule has 6 aliphatic rings. The molecule has 29 heavy (non-hydrogen) atoms. The molecule has 2 N–H and O–H groups in total. The number of carbonyl (C=O) groups excluding carboxylic acids is 2. The maximum atomic E-state index is 13.7. The predicted octanol–water partition coefficient (Wildman–Crippen LogP) is 4.83. The third-order valence-electron chi connectivity index (χ3n) is 11.0. The average Bonchev–Trinajstić information content (AvgIpc) is 3.41. The van der Waals surface area contributed by atoms with Gasteiger partial charge in [-0.15, -0.1) is 0 Å². The van der Waals surface area contributed by atoms with Crippen LogP contribution < -0.4 is 5.73 Å². The lowest BCUT2D eigenvalue weighted by Crippen LogP contribution is -2.60. The van der Waals surface area contributed by atoms with E-state index < -0.39 is 0 Å². The lowest BCUT2D eigenvalue weighted by atomic mass is 9.48. The van der Waals surface area contributed by atoms with Gasteiger partial charge in [0.25, 0.3) is 0 Å². The summed E-state index contributed by atoms with van der Waals surface area (Å²) >= 11 is 0. The molecule has 0 saturated heterocycles. The number of carbonyl (C=O) groups is 2. The molecule has 5 saturated carbocycles. The van der Waals surface area contributed by atoms with Crippen LogP contribution in [0.4, 0.5) is 0 Å². The van der Waals surface area contributed by atoms with Crippen LogP contribution in [0.25, 0.3) is 0 Å². The van der Waals surface area contributed by atoms with Gasteiger partial charge in [0.05, 0.1) is 0 Å². The van der Waals surface area contributed by atoms with Crippen LogP contribution in [0.15, 0.2) is 11.6 Å². The lowest BCUT2D eigenvalue weighted by molar-refractivity contribution is -0.132. The molecule has 5 fully saturated rings. The van der Waals surface area contributed by atoms with E-state index in [1.807, 2.05) is 6.08 Å². The quantitative estimate of drug-likeness (QED) is 0.728. The Kier molecular flexibility index (Phi) is 4.07. The summed E-state index contributed by atoms with van der Waals surface area (Å²) in [6.45, 7) is 2.43. The molecule has 0 aromatic heterocycles. The fourth-order valence-corrected chi connectivity index (χ4v) is 9.54. The molecule has 6 aliphatic carbocycles. The SMILES string of the molecule is C[C@]12CCC(=O)C=C1CC[C@H]1[C@@H]3CC[C@H](C(=O)C4CC5CCC4C5)[C@@]3(N)CC[C@@H]12.